The predicted molar refractivity (Wildman–Crippen MR) is 105 cm³/mol. The number of aromatic amines is 1. The first-order valence-corrected chi connectivity index (χ1v) is 8.33. The lowest BCUT2D eigenvalue weighted by molar-refractivity contribution is -0.137. The zero-order valence-corrected chi connectivity index (χ0v) is 16.0. The van der Waals surface area contributed by atoms with Gasteiger partial charge in [-0.15, -0.1) is 0 Å². The van der Waals surface area contributed by atoms with Gasteiger partial charge >= 0.3 is 6.18 Å². The molecular weight excluding hydrogens is 374 g/mol. The molecular formula is C20H23F4N3O. The lowest BCUT2D eigenvalue weighted by atomic mass is 10.2. The maximum Gasteiger partial charge on any atom is 0.416 e. The van der Waals surface area contributed by atoms with Gasteiger partial charge in [-0.3, -0.25) is 4.79 Å². The van der Waals surface area contributed by atoms with Gasteiger partial charge in [0.15, 0.2) is 0 Å². The molecule has 0 radical (unpaired) electrons. The third-order valence-electron chi connectivity index (χ3n) is 3.52. The number of hydrogen-bond acceptors (Lipinski definition) is 2. The van der Waals surface area contributed by atoms with Gasteiger partial charge < -0.3 is 15.6 Å². The smallest absolute Gasteiger partial charge is 0.386 e. The monoisotopic (exact) mass is 397 g/mol. The Kier molecular flexibility index (Phi) is 8.50. The van der Waals surface area contributed by atoms with Gasteiger partial charge in [-0.2, -0.15) is 13.2 Å². The molecule has 1 aromatic carbocycles. The van der Waals surface area contributed by atoms with Crippen LogP contribution in [0, 0.1) is 6.92 Å². The molecule has 0 atom stereocenters. The maximum atomic E-state index is 13.5. The van der Waals surface area contributed by atoms with Gasteiger partial charge in [0.05, 0.1) is 11.3 Å². The average molecular weight is 397 g/mol. The molecule has 0 fully saturated rings. The molecule has 0 bridgehead atoms. The molecule has 2 rings (SSSR count). The number of nitrogens with one attached hydrogen (secondary N) is 3. The quantitative estimate of drug-likeness (QED) is 0.333. The summed E-state index contributed by atoms with van der Waals surface area (Å²) in [6.07, 6.45) is 0.837. The Morgan fingerprint density at radius 2 is 1.89 bits per heavy atom. The van der Waals surface area contributed by atoms with Gasteiger partial charge in [-0.05, 0) is 51.1 Å². The molecule has 0 aliphatic rings. The molecule has 0 aliphatic carbocycles. The van der Waals surface area contributed by atoms with Crippen molar-refractivity contribution in [1.29, 1.82) is 0 Å². The third-order valence-corrected chi connectivity index (χ3v) is 3.52. The molecule has 0 saturated heterocycles. The second-order valence-electron chi connectivity index (χ2n) is 6.08. The summed E-state index contributed by atoms with van der Waals surface area (Å²) in [5, 5.41) is 5.15. The van der Waals surface area contributed by atoms with E-state index in [4.69, 9.17) is 0 Å². The Morgan fingerprint density at radius 1 is 1.21 bits per heavy atom. The van der Waals surface area contributed by atoms with Crippen molar-refractivity contribution in [3.05, 3.63) is 64.8 Å². The van der Waals surface area contributed by atoms with Crippen LogP contribution < -0.4 is 10.6 Å². The largest absolute Gasteiger partial charge is 0.416 e. The lowest BCUT2D eigenvalue weighted by Gasteiger charge is -2.07. The van der Waals surface area contributed by atoms with Gasteiger partial charge in [0.2, 0.25) is 6.41 Å². The number of aryl methyl sites for hydroxylation is 1. The number of rotatable bonds is 5. The minimum Gasteiger partial charge on any atom is -0.386 e. The lowest BCUT2D eigenvalue weighted by Crippen LogP contribution is -2.05. The number of carbonyl (C=O) groups excluding carboxylic acids is 1. The van der Waals surface area contributed by atoms with Crippen molar-refractivity contribution in [1.82, 2.24) is 4.98 Å². The molecule has 2 aromatic rings. The number of allylic oxidation sites excluding steroid dienone is 3. The molecule has 4 nitrogen and oxygen atoms in total. The highest BCUT2D eigenvalue weighted by Gasteiger charge is 2.30. The van der Waals surface area contributed by atoms with Crippen molar-refractivity contribution in [2.75, 3.05) is 17.7 Å². The van der Waals surface area contributed by atoms with E-state index in [1.54, 1.807) is 0 Å². The van der Waals surface area contributed by atoms with Crippen molar-refractivity contribution in [2.45, 2.75) is 26.9 Å². The van der Waals surface area contributed by atoms with E-state index in [-0.39, 0.29) is 11.5 Å². The van der Waals surface area contributed by atoms with Crippen LogP contribution >= 0.6 is 0 Å². The molecule has 1 heterocycles. The molecule has 28 heavy (non-hydrogen) atoms. The van der Waals surface area contributed by atoms with Crippen molar-refractivity contribution in [2.24, 2.45) is 0 Å². The van der Waals surface area contributed by atoms with E-state index >= 15 is 0 Å². The molecule has 0 spiro atoms. The number of amides is 1. The fraction of sp³-hybridized carbons (Fsp3) is 0.250. The number of alkyl halides is 3. The van der Waals surface area contributed by atoms with Crippen LogP contribution in [0.2, 0.25) is 0 Å². The van der Waals surface area contributed by atoms with Crippen molar-refractivity contribution < 1.29 is 22.4 Å². The van der Waals surface area contributed by atoms with Gasteiger partial charge in [0, 0.05) is 30.2 Å². The molecule has 0 unspecified atom stereocenters. The SMILES string of the molecule is CNc1c[nH]c(C)c1/C=C(/F)C=C(C)C.O=CNc1cccc(C(F)(F)F)c1. The van der Waals surface area contributed by atoms with Crippen LogP contribution in [-0.2, 0) is 11.0 Å². The normalized spacial score (nSPS) is 11.2. The van der Waals surface area contributed by atoms with Crippen molar-refractivity contribution >= 4 is 23.9 Å². The van der Waals surface area contributed by atoms with Crippen LogP contribution in [0.15, 0.2) is 47.9 Å². The van der Waals surface area contributed by atoms with Crippen molar-refractivity contribution in [3.8, 4) is 0 Å². The van der Waals surface area contributed by atoms with E-state index in [0.29, 0.717) is 6.41 Å². The standard InChI is InChI=1S/C12H17FN2.C8H6F3NO/c1-8(2)5-10(13)6-11-9(3)15-7-12(11)14-4;9-8(10,11)6-2-1-3-7(4-6)12-5-13/h5-7,14-15H,1-4H3;1-5H,(H,12,13)/b10-6+;. The highest BCUT2D eigenvalue weighted by molar-refractivity contribution is 5.71. The number of carbonyl (C=O) groups is 1. The summed E-state index contributed by atoms with van der Waals surface area (Å²) in [5.74, 6) is -0.228. The molecule has 152 valence electrons. The van der Waals surface area contributed by atoms with Gasteiger partial charge in [0.25, 0.3) is 0 Å². The zero-order chi connectivity index (χ0) is 21.3. The molecule has 0 aliphatic heterocycles. The Hall–Kier alpha value is -3.03. The van der Waals surface area contributed by atoms with Gasteiger partial charge in [0.1, 0.15) is 5.83 Å². The predicted octanol–water partition coefficient (Wildman–Crippen LogP) is 5.92. The molecule has 1 amide bonds. The number of anilines is 2. The maximum absolute atomic E-state index is 13.5. The Bertz CT molecular complexity index is 847. The van der Waals surface area contributed by atoms with E-state index < -0.39 is 11.7 Å². The summed E-state index contributed by atoms with van der Waals surface area (Å²) in [4.78, 5) is 13.0. The second-order valence-corrected chi connectivity index (χ2v) is 6.08. The fourth-order valence-corrected chi connectivity index (χ4v) is 2.24. The van der Waals surface area contributed by atoms with E-state index in [1.165, 1.54) is 24.3 Å². The van der Waals surface area contributed by atoms with E-state index in [0.717, 1.165) is 34.7 Å². The number of halogens is 4. The number of H-pyrrole nitrogens is 1. The molecule has 1 aromatic heterocycles. The van der Waals surface area contributed by atoms with Crippen LogP contribution in [0.4, 0.5) is 28.9 Å². The molecule has 0 saturated carbocycles. The summed E-state index contributed by atoms with van der Waals surface area (Å²) in [7, 11) is 1.82. The Balaban J connectivity index is 0.000000283. The number of hydrogen-bond donors (Lipinski definition) is 3. The summed E-state index contributed by atoms with van der Waals surface area (Å²) in [5.41, 5.74) is 3.03. The van der Waals surface area contributed by atoms with E-state index in [2.05, 4.69) is 15.6 Å². The van der Waals surface area contributed by atoms with E-state index in [1.807, 2.05) is 34.0 Å². The van der Waals surface area contributed by atoms with Crippen molar-refractivity contribution in [3.63, 3.8) is 0 Å². The third kappa shape index (κ3) is 7.30. The van der Waals surface area contributed by atoms with E-state index in [9.17, 15) is 22.4 Å². The minimum atomic E-state index is -4.37. The topological polar surface area (TPSA) is 56.9 Å². The highest BCUT2D eigenvalue weighted by atomic mass is 19.4. The van der Waals surface area contributed by atoms with Gasteiger partial charge in [-0.25, -0.2) is 4.39 Å². The number of benzene rings is 1. The minimum absolute atomic E-state index is 0.129. The fourth-order valence-electron chi connectivity index (χ4n) is 2.24. The first-order valence-electron chi connectivity index (χ1n) is 8.33. The highest BCUT2D eigenvalue weighted by Crippen LogP contribution is 2.30. The van der Waals surface area contributed by atoms with Crippen LogP contribution in [0.3, 0.4) is 0 Å². The first-order chi connectivity index (χ1) is 13.1. The first kappa shape index (κ1) is 23.0. The molecule has 3 N–H and O–H groups in total. The second kappa shape index (κ2) is 10.3. The molecule has 8 heteroatoms. The number of aromatic nitrogens is 1. The van der Waals surface area contributed by atoms with Gasteiger partial charge in [-0.1, -0.05) is 11.6 Å². The van der Waals surface area contributed by atoms with Crippen LogP contribution in [0.25, 0.3) is 6.08 Å². The van der Waals surface area contributed by atoms with Crippen LogP contribution in [0.5, 0.6) is 0 Å². The van der Waals surface area contributed by atoms with Crippen LogP contribution in [0.1, 0.15) is 30.7 Å². The average Bonchev–Trinajstić information content (AvgIpc) is 2.94. The van der Waals surface area contributed by atoms with Crippen LogP contribution in [-0.4, -0.2) is 18.4 Å². The summed E-state index contributed by atoms with van der Waals surface area (Å²) < 4.78 is 49.7. The Morgan fingerprint density at radius 3 is 2.43 bits per heavy atom. The summed E-state index contributed by atoms with van der Waals surface area (Å²) in [6, 6.07) is 4.42. The summed E-state index contributed by atoms with van der Waals surface area (Å²) >= 11 is 0. The Labute approximate surface area is 161 Å². The zero-order valence-electron chi connectivity index (χ0n) is 16.0. The summed E-state index contributed by atoms with van der Waals surface area (Å²) in [6.45, 7) is 5.66.